The van der Waals surface area contributed by atoms with E-state index in [9.17, 15) is 13.6 Å². The van der Waals surface area contributed by atoms with Gasteiger partial charge in [0.1, 0.15) is 4.88 Å². The first-order valence-electron chi connectivity index (χ1n) is 6.40. The van der Waals surface area contributed by atoms with Gasteiger partial charge in [0.2, 0.25) is 0 Å². The molecule has 2 rings (SSSR count). The Balaban J connectivity index is 2.05. The largest absolute Gasteiger partial charge is 0.362 e. The molecule has 0 bridgehead atoms. The molecular formula is C14H15F2N3OS. The fraction of sp³-hybridized carbons (Fsp3) is 0.286. The minimum absolute atomic E-state index is 0.199. The van der Waals surface area contributed by atoms with Gasteiger partial charge in [0.05, 0.1) is 6.20 Å². The Morgan fingerprint density at radius 1 is 1.38 bits per heavy atom. The molecule has 0 aliphatic heterocycles. The van der Waals surface area contributed by atoms with Crippen LogP contribution in [0.25, 0.3) is 0 Å². The zero-order valence-corrected chi connectivity index (χ0v) is 12.5. The number of hydrogen-bond acceptors (Lipinski definition) is 4. The summed E-state index contributed by atoms with van der Waals surface area (Å²) in [4.78, 5) is 18.2. The van der Waals surface area contributed by atoms with Crippen LogP contribution in [0.1, 0.15) is 22.2 Å². The molecule has 4 nitrogen and oxygen atoms in total. The summed E-state index contributed by atoms with van der Waals surface area (Å²) in [7, 11) is 1.61. The molecule has 1 aromatic heterocycles. The van der Waals surface area contributed by atoms with Crippen molar-refractivity contribution in [3.63, 3.8) is 0 Å². The Kier molecular flexibility index (Phi) is 4.85. The highest BCUT2D eigenvalue weighted by atomic mass is 32.1. The van der Waals surface area contributed by atoms with Gasteiger partial charge in [-0.1, -0.05) is 17.4 Å². The molecule has 112 valence electrons. The molecular weight excluding hydrogens is 296 g/mol. The summed E-state index contributed by atoms with van der Waals surface area (Å²) in [5.41, 5.74) is 0.529. The number of carbonyl (C=O) groups is 1. The highest BCUT2D eigenvalue weighted by Gasteiger charge is 2.16. The lowest BCUT2D eigenvalue weighted by atomic mass is 10.2. The number of thiazole rings is 1. The molecule has 0 fully saturated rings. The van der Waals surface area contributed by atoms with Gasteiger partial charge in [-0.3, -0.25) is 4.79 Å². The smallest absolute Gasteiger partial charge is 0.265 e. The maximum absolute atomic E-state index is 13.1. The van der Waals surface area contributed by atoms with Gasteiger partial charge < -0.3 is 10.2 Å². The average Bonchev–Trinajstić information content (AvgIpc) is 2.91. The van der Waals surface area contributed by atoms with E-state index in [1.54, 1.807) is 7.05 Å². The number of anilines is 1. The number of carbonyl (C=O) groups excluding carboxylic acids is 1. The van der Waals surface area contributed by atoms with Gasteiger partial charge in [-0.05, 0) is 24.6 Å². The first kappa shape index (κ1) is 15.4. The van der Waals surface area contributed by atoms with Crippen LogP contribution in [-0.2, 0) is 6.54 Å². The van der Waals surface area contributed by atoms with Crippen LogP contribution >= 0.6 is 11.3 Å². The molecule has 0 saturated carbocycles. The number of benzene rings is 1. The number of nitrogens with zero attached hydrogens (tertiary/aromatic N) is 2. The molecule has 1 N–H and O–H groups in total. The highest BCUT2D eigenvalue weighted by molar-refractivity contribution is 7.17. The minimum Gasteiger partial charge on any atom is -0.362 e. The van der Waals surface area contributed by atoms with Gasteiger partial charge in [0.15, 0.2) is 16.8 Å². The van der Waals surface area contributed by atoms with Crippen LogP contribution in [0, 0.1) is 11.6 Å². The first-order valence-corrected chi connectivity index (χ1v) is 7.22. The molecule has 0 saturated heterocycles. The van der Waals surface area contributed by atoms with Gasteiger partial charge >= 0.3 is 0 Å². The van der Waals surface area contributed by atoms with Crippen molar-refractivity contribution in [1.82, 2.24) is 9.88 Å². The van der Waals surface area contributed by atoms with Gasteiger partial charge in [-0.2, -0.15) is 0 Å². The van der Waals surface area contributed by atoms with E-state index in [1.807, 2.05) is 6.92 Å². The summed E-state index contributed by atoms with van der Waals surface area (Å²) < 4.78 is 26.0. The second kappa shape index (κ2) is 6.62. The molecule has 0 aliphatic rings. The van der Waals surface area contributed by atoms with Gasteiger partial charge in [0, 0.05) is 20.1 Å². The van der Waals surface area contributed by atoms with Crippen LogP contribution in [0.5, 0.6) is 0 Å². The lowest BCUT2D eigenvalue weighted by Gasteiger charge is -2.16. The SMILES string of the molecule is CCNc1ncc(C(=O)N(C)Cc2ccc(F)c(F)c2)s1. The number of amides is 1. The Hall–Kier alpha value is -2.02. The summed E-state index contributed by atoms with van der Waals surface area (Å²) in [6, 6.07) is 3.60. The van der Waals surface area contributed by atoms with Gasteiger partial charge in [0.25, 0.3) is 5.91 Å². The van der Waals surface area contributed by atoms with E-state index in [1.165, 1.54) is 28.5 Å². The third-order valence-electron chi connectivity index (χ3n) is 2.79. The van der Waals surface area contributed by atoms with Crippen LogP contribution in [0.4, 0.5) is 13.9 Å². The van der Waals surface area contributed by atoms with Gasteiger partial charge in [-0.25, -0.2) is 13.8 Å². The summed E-state index contributed by atoms with van der Waals surface area (Å²) in [5, 5.41) is 3.71. The van der Waals surface area contributed by atoms with Crippen molar-refractivity contribution in [1.29, 1.82) is 0 Å². The van der Waals surface area contributed by atoms with Crippen molar-refractivity contribution in [2.24, 2.45) is 0 Å². The molecule has 1 aromatic carbocycles. The molecule has 21 heavy (non-hydrogen) atoms. The lowest BCUT2D eigenvalue weighted by Crippen LogP contribution is -2.25. The molecule has 2 aromatic rings. The topological polar surface area (TPSA) is 45.2 Å². The minimum atomic E-state index is -0.916. The average molecular weight is 311 g/mol. The number of aromatic nitrogens is 1. The van der Waals surface area contributed by atoms with Crippen LogP contribution in [0.2, 0.25) is 0 Å². The van der Waals surface area contributed by atoms with Crippen molar-refractivity contribution in [3.05, 3.63) is 46.5 Å². The first-order chi connectivity index (χ1) is 10.0. The van der Waals surface area contributed by atoms with E-state index in [-0.39, 0.29) is 12.5 Å². The predicted octanol–water partition coefficient (Wildman–Crippen LogP) is 3.13. The van der Waals surface area contributed by atoms with Gasteiger partial charge in [-0.15, -0.1) is 0 Å². The van der Waals surface area contributed by atoms with Crippen LogP contribution < -0.4 is 5.32 Å². The molecule has 0 radical (unpaired) electrons. The number of nitrogens with one attached hydrogen (secondary N) is 1. The standard InChI is InChI=1S/C14H15F2N3OS/c1-3-17-14-18-7-12(21-14)13(20)19(2)8-9-4-5-10(15)11(16)6-9/h4-7H,3,8H2,1-2H3,(H,17,18). The van der Waals surface area contributed by atoms with Crippen molar-refractivity contribution < 1.29 is 13.6 Å². The Morgan fingerprint density at radius 3 is 2.81 bits per heavy atom. The maximum Gasteiger partial charge on any atom is 0.265 e. The second-order valence-corrected chi connectivity index (χ2v) is 5.50. The molecule has 0 aliphatic carbocycles. The number of hydrogen-bond donors (Lipinski definition) is 1. The quantitative estimate of drug-likeness (QED) is 0.923. The highest BCUT2D eigenvalue weighted by Crippen LogP contribution is 2.20. The monoisotopic (exact) mass is 311 g/mol. The molecule has 0 spiro atoms. The number of rotatable bonds is 5. The van der Waals surface area contributed by atoms with Crippen molar-refractivity contribution >= 4 is 22.4 Å². The maximum atomic E-state index is 13.1. The molecule has 0 unspecified atom stereocenters. The summed E-state index contributed by atoms with van der Waals surface area (Å²) in [5.74, 6) is -2.02. The molecule has 1 heterocycles. The summed E-state index contributed by atoms with van der Waals surface area (Å²) in [6.45, 7) is 2.87. The zero-order chi connectivity index (χ0) is 15.4. The van der Waals surface area contributed by atoms with Crippen LogP contribution in [0.3, 0.4) is 0 Å². The third-order valence-corrected chi connectivity index (χ3v) is 3.74. The Labute approximate surface area is 125 Å². The molecule has 7 heteroatoms. The van der Waals surface area contributed by atoms with Crippen molar-refractivity contribution in [2.45, 2.75) is 13.5 Å². The van der Waals surface area contributed by atoms with E-state index < -0.39 is 11.6 Å². The Morgan fingerprint density at radius 2 is 2.14 bits per heavy atom. The van der Waals surface area contributed by atoms with E-state index in [2.05, 4.69) is 10.3 Å². The lowest BCUT2D eigenvalue weighted by molar-refractivity contribution is 0.0789. The summed E-state index contributed by atoms with van der Waals surface area (Å²) in [6.07, 6.45) is 1.51. The number of halogens is 2. The zero-order valence-electron chi connectivity index (χ0n) is 11.7. The van der Waals surface area contributed by atoms with E-state index in [0.717, 1.165) is 18.7 Å². The summed E-state index contributed by atoms with van der Waals surface area (Å²) >= 11 is 1.26. The Bertz CT molecular complexity index is 645. The van der Waals surface area contributed by atoms with Crippen molar-refractivity contribution in [2.75, 3.05) is 18.9 Å². The van der Waals surface area contributed by atoms with Crippen LogP contribution in [-0.4, -0.2) is 29.4 Å². The second-order valence-electron chi connectivity index (χ2n) is 4.47. The van der Waals surface area contributed by atoms with E-state index in [4.69, 9.17) is 0 Å². The van der Waals surface area contributed by atoms with Crippen molar-refractivity contribution in [3.8, 4) is 0 Å². The van der Waals surface area contributed by atoms with Crippen LogP contribution in [0.15, 0.2) is 24.4 Å². The fourth-order valence-electron chi connectivity index (χ4n) is 1.78. The third kappa shape index (κ3) is 3.75. The molecule has 0 atom stereocenters. The fourth-order valence-corrected chi connectivity index (χ4v) is 2.66. The predicted molar refractivity (Wildman–Crippen MR) is 78.4 cm³/mol. The normalized spacial score (nSPS) is 10.5. The molecule has 1 amide bonds. The van der Waals surface area contributed by atoms with E-state index in [0.29, 0.717) is 15.6 Å². The van der Waals surface area contributed by atoms with E-state index >= 15 is 0 Å².